The lowest BCUT2D eigenvalue weighted by Gasteiger charge is -2.10. The number of hydrogen-bond acceptors (Lipinski definition) is 3. The van der Waals surface area contributed by atoms with Crippen molar-refractivity contribution in [3.8, 4) is 0 Å². The van der Waals surface area contributed by atoms with E-state index in [1.165, 1.54) is 16.1 Å². The molecule has 1 aliphatic rings. The molecule has 0 aromatic heterocycles. The molecular formula is C11H12INO2. The summed E-state index contributed by atoms with van der Waals surface area (Å²) in [6, 6.07) is 6.53. The lowest BCUT2D eigenvalue weighted by Crippen LogP contribution is -2.23. The van der Waals surface area contributed by atoms with Crippen molar-refractivity contribution in [2.24, 2.45) is 0 Å². The monoisotopic (exact) mass is 317 g/mol. The average molecular weight is 317 g/mol. The van der Waals surface area contributed by atoms with Gasteiger partial charge in [0, 0.05) is 16.2 Å². The molecule has 1 atom stereocenters. The zero-order valence-corrected chi connectivity index (χ0v) is 10.6. The summed E-state index contributed by atoms with van der Waals surface area (Å²) in [6.45, 7) is 1.88. The van der Waals surface area contributed by atoms with E-state index in [0.29, 0.717) is 6.61 Å². The zero-order valence-electron chi connectivity index (χ0n) is 8.42. The van der Waals surface area contributed by atoms with Crippen LogP contribution in [-0.4, -0.2) is 18.6 Å². The predicted octanol–water partition coefficient (Wildman–Crippen LogP) is 2.19. The van der Waals surface area contributed by atoms with Crippen LogP contribution in [0.25, 0.3) is 0 Å². The molecule has 1 aromatic rings. The van der Waals surface area contributed by atoms with E-state index in [-0.39, 0.29) is 12.0 Å². The van der Waals surface area contributed by atoms with Crippen LogP contribution < -0.4 is 5.32 Å². The second kappa shape index (κ2) is 4.38. The van der Waals surface area contributed by atoms with Crippen LogP contribution in [0.1, 0.15) is 12.5 Å². The number of hydrogen-bond donors (Lipinski definition) is 1. The molecule has 80 valence electrons. The standard InChI is InChI=1S/C11H12INO2/c1-7(14)15-6-10-5-8-4-9(12)2-3-11(8)13-10/h2-4,10,13H,5-6H2,1H3. The molecule has 0 spiro atoms. The molecule has 1 aliphatic heterocycles. The summed E-state index contributed by atoms with van der Waals surface area (Å²) in [5, 5.41) is 3.34. The maximum Gasteiger partial charge on any atom is 0.302 e. The van der Waals surface area contributed by atoms with Gasteiger partial charge in [-0.15, -0.1) is 0 Å². The Morgan fingerprint density at radius 1 is 1.67 bits per heavy atom. The Labute approximate surface area is 102 Å². The number of rotatable bonds is 2. The summed E-state index contributed by atoms with van der Waals surface area (Å²) >= 11 is 2.30. The smallest absolute Gasteiger partial charge is 0.302 e. The highest BCUT2D eigenvalue weighted by molar-refractivity contribution is 14.1. The predicted molar refractivity (Wildman–Crippen MR) is 66.9 cm³/mol. The molecule has 1 aromatic carbocycles. The van der Waals surface area contributed by atoms with Crippen LogP contribution in [0.3, 0.4) is 0 Å². The molecule has 0 bridgehead atoms. The summed E-state index contributed by atoms with van der Waals surface area (Å²) in [7, 11) is 0. The molecule has 0 fully saturated rings. The Bertz CT molecular complexity index is 392. The van der Waals surface area contributed by atoms with Crippen molar-refractivity contribution in [3.63, 3.8) is 0 Å². The van der Waals surface area contributed by atoms with Crippen molar-refractivity contribution in [3.05, 3.63) is 27.3 Å². The fraction of sp³-hybridized carbons (Fsp3) is 0.364. The highest BCUT2D eigenvalue weighted by Crippen LogP contribution is 2.27. The summed E-state index contributed by atoms with van der Waals surface area (Å²) in [6.07, 6.45) is 0.930. The van der Waals surface area contributed by atoms with Gasteiger partial charge in [-0.2, -0.15) is 0 Å². The van der Waals surface area contributed by atoms with Crippen LogP contribution in [0.5, 0.6) is 0 Å². The summed E-state index contributed by atoms with van der Waals surface area (Å²) < 4.78 is 6.22. The first-order valence-electron chi connectivity index (χ1n) is 4.83. The van der Waals surface area contributed by atoms with Crippen LogP contribution in [0.2, 0.25) is 0 Å². The molecule has 4 heteroatoms. The number of carbonyl (C=O) groups is 1. The second-order valence-electron chi connectivity index (χ2n) is 3.65. The molecule has 1 heterocycles. The molecule has 1 unspecified atom stereocenters. The summed E-state index contributed by atoms with van der Waals surface area (Å²) in [4.78, 5) is 10.7. The molecule has 2 rings (SSSR count). The van der Waals surface area contributed by atoms with Gasteiger partial charge in [-0.25, -0.2) is 0 Å². The van der Waals surface area contributed by atoms with Gasteiger partial charge in [-0.1, -0.05) is 0 Å². The quantitative estimate of drug-likeness (QED) is 0.671. The molecule has 0 radical (unpaired) electrons. The van der Waals surface area contributed by atoms with Crippen molar-refractivity contribution in [1.82, 2.24) is 0 Å². The van der Waals surface area contributed by atoms with E-state index >= 15 is 0 Å². The highest BCUT2D eigenvalue weighted by atomic mass is 127. The van der Waals surface area contributed by atoms with E-state index in [4.69, 9.17) is 4.74 Å². The SMILES string of the molecule is CC(=O)OCC1Cc2cc(I)ccc2N1. The van der Waals surface area contributed by atoms with Gasteiger partial charge in [-0.3, -0.25) is 4.79 Å². The molecule has 3 nitrogen and oxygen atoms in total. The first-order chi connectivity index (χ1) is 7.15. The molecule has 1 N–H and O–H groups in total. The van der Waals surface area contributed by atoms with Crippen molar-refractivity contribution in [2.75, 3.05) is 11.9 Å². The van der Waals surface area contributed by atoms with Gasteiger partial charge in [-0.05, 0) is 52.8 Å². The topological polar surface area (TPSA) is 38.3 Å². The van der Waals surface area contributed by atoms with Crippen LogP contribution in [0, 0.1) is 3.57 Å². The molecule has 0 saturated heterocycles. The third kappa shape index (κ3) is 2.62. The molecule has 15 heavy (non-hydrogen) atoms. The molecular weight excluding hydrogens is 305 g/mol. The van der Waals surface area contributed by atoms with Crippen LogP contribution in [-0.2, 0) is 16.0 Å². The minimum atomic E-state index is -0.220. The number of ether oxygens (including phenoxy) is 1. The van der Waals surface area contributed by atoms with E-state index in [9.17, 15) is 4.79 Å². The van der Waals surface area contributed by atoms with Gasteiger partial charge in [0.25, 0.3) is 0 Å². The zero-order chi connectivity index (χ0) is 10.8. The maximum absolute atomic E-state index is 10.7. The number of fused-ring (bicyclic) bond motifs is 1. The van der Waals surface area contributed by atoms with E-state index in [0.717, 1.165) is 12.1 Å². The first-order valence-corrected chi connectivity index (χ1v) is 5.91. The van der Waals surface area contributed by atoms with E-state index < -0.39 is 0 Å². The Hall–Kier alpha value is -0.780. The number of esters is 1. The normalized spacial score (nSPS) is 18.1. The molecule has 0 aliphatic carbocycles. The third-order valence-corrected chi connectivity index (χ3v) is 3.05. The molecule has 0 amide bonds. The van der Waals surface area contributed by atoms with Crippen LogP contribution >= 0.6 is 22.6 Å². The maximum atomic E-state index is 10.7. The number of carbonyl (C=O) groups excluding carboxylic acids is 1. The lowest BCUT2D eigenvalue weighted by atomic mass is 10.1. The Balaban J connectivity index is 2.00. The van der Waals surface area contributed by atoms with Crippen molar-refractivity contribution < 1.29 is 9.53 Å². The van der Waals surface area contributed by atoms with Gasteiger partial charge in [0.2, 0.25) is 0 Å². The third-order valence-electron chi connectivity index (χ3n) is 2.38. The highest BCUT2D eigenvalue weighted by Gasteiger charge is 2.21. The number of halogens is 1. The van der Waals surface area contributed by atoms with Gasteiger partial charge in [0.1, 0.15) is 6.61 Å². The minimum absolute atomic E-state index is 0.220. The number of nitrogens with one attached hydrogen (secondary N) is 1. The van der Waals surface area contributed by atoms with Gasteiger partial charge in [0.05, 0.1) is 6.04 Å². The van der Waals surface area contributed by atoms with E-state index in [2.05, 4.69) is 46.1 Å². The van der Waals surface area contributed by atoms with Gasteiger partial charge in [0.15, 0.2) is 0 Å². The van der Waals surface area contributed by atoms with Gasteiger partial charge < -0.3 is 10.1 Å². The average Bonchev–Trinajstić information content (AvgIpc) is 2.56. The Morgan fingerprint density at radius 2 is 2.47 bits per heavy atom. The first kappa shape index (κ1) is 10.7. The fourth-order valence-corrected chi connectivity index (χ4v) is 2.28. The van der Waals surface area contributed by atoms with Crippen molar-refractivity contribution >= 4 is 34.2 Å². The fourth-order valence-electron chi connectivity index (χ4n) is 1.73. The van der Waals surface area contributed by atoms with Crippen molar-refractivity contribution in [2.45, 2.75) is 19.4 Å². The number of benzene rings is 1. The molecule has 0 saturated carbocycles. The Kier molecular flexibility index (Phi) is 3.14. The minimum Gasteiger partial charge on any atom is -0.464 e. The largest absolute Gasteiger partial charge is 0.464 e. The number of anilines is 1. The lowest BCUT2D eigenvalue weighted by molar-refractivity contribution is -0.141. The Morgan fingerprint density at radius 3 is 3.20 bits per heavy atom. The van der Waals surface area contributed by atoms with Crippen molar-refractivity contribution in [1.29, 1.82) is 0 Å². The summed E-state index contributed by atoms with van der Waals surface area (Å²) in [5.74, 6) is -0.220. The van der Waals surface area contributed by atoms with Crippen LogP contribution in [0.4, 0.5) is 5.69 Å². The van der Waals surface area contributed by atoms with E-state index in [1.54, 1.807) is 0 Å². The van der Waals surface area contributed by atoms with Crippen LogP contribution in [0.15, 0.2) is 18.2 Å². The summed E-state index contributed by atoms with van der Waals surface area (Å²) in [5.41, 5.74) is 2.46. The second-order valence-corrected chi connectivity index (χ2v) is 4.90. The van der Waals surface area contributed by atoms with Gasteiger partial charge >= 0.3 is 5.97 Å². The van der Waals surface area contributed by atoms with E-state index in [1.807, 2.05) is 0 Å².